The van der Waals surface area contributed by atoms with Crippen molar-refractivity contribution in [1.82, 2.24) is 0 Å². The van der Waals surface area contributed by atoms with Gasteiger partial charge < -0.3 is 28.2 Å². The van der Waals surface area contributed by atoms with Crippen LogP contribution in [-0.2, 0) is 28.2 Å². The minimum absolute atomic E-state index is 0. The van der Waals surface area contributed by atoms with E-state index < -0.39 is 33.0 Å². The van der Waals surface area contributed by atoms with E-state index in [0.29, 0.717) is 49.5 Å². The monoisotopic (exact) mass is 774 g/mol. The molecule has 1 unspecified atom stereocenters. The molecule has 10 nitrogen and oxygen atoms in total. The summed E-state index contributed by atoms with van der Waals surface area (Å²) in [5.74, 6) is -1.47. The van der Waals surface area contributed by atoms with Crippen LogP contribution in [0.4, 0.5) is 27.1 Å². The zero-order valence-corrected chi connectivity index (χ0v) is 31.8. The van der Waals surface area contributed by atoms with E-state index in [1.807, 2.05) is 131 Å². The Kier molecular flexibility index (Phi) is 14.5. The van der Waals surface area contributed by atoms with Crippen LogP contribution in [0.2, 0.25) is 0 Å². The summed E-state index contributed by atoms with van der Waals surface area (Å²) in [5.41, 5.74) is 3.10. The van der Waals surface area contributed by atoms with Crippen LogP contribution in [-0.4, -0.2) is 57.5 Å². The number of anilines is 4. The minimum Gasteiger partial charge on any atom is -0.466 e. The molecule has 0 N–H and O–H groups in total. The number of carbonyl (C=O) groups is 2. The van der Waals surface area contributed by atoms with Crippen molar-refractivity contribution in [3.05, 3.63) is 145 Å². The maximum Gasteiger partial charge on any atom is 0.345 e. The smallest absolute Gasteiger partial charge is 0.345 e. The summed E-state index contributed by atoms with van der Waals surface area (Å²) in [6.45, 7) is 13.5. The van der Waals surface area contributed by atoms with Crippen molar-refractivity contribution in [2.75, 3.05) is 58.1 Å². The topological polar surface area (TPSA) is 99.7 Å². The second-order valence-electron chi connectivity index (χ2n) is 12.1. The first kappa shape index (κ1) is 41.6. The van der Waals surface area contributed by atoms with Gasteiger partial charge in [0.25, 0.3) is 14.9 Å². The third-order valence-electron chi connectivity index (χ3n) is 8.80. The Labute approximate surface area is 318 Å². The van der Waals surface area contributed by atoms with Gasteiger partial charge in [0.1, 0.15) is 0 Å². The molecule has 2 fully saturated rings. The quantitative estimate of drug-likeness (QED) is 0.102. The van der Waals surface area contributed by atoms with Crippen LogP contribution in [0, 0.1) is 0 Å². The number of benzene rings is 4. The molecule has 0 aliphatic carbocycles. The molecule has 0 spiro atoms. The van der Waals surface area contributed by atoms with Gasteiger partial charge >= 0.3 is 11.9 Å². The summed E-state index contributed by atoms with van der Waals surface area (Å²) in [4.78, 5) is 24.0. The van der Waals surface area contributed by atoms with Crippen molar-refractivity contribution in [3.8, 4) is 0 Å². The van der Waals surface area contributed by atoms with E-state index in [1.165, 1.54) is 0 Å². The Morgan fingerprint density at radius 1 is 0.611 bits per heavy atom. The van der Waals surface area contributed by atoms with Crippen molar-refractivity contribution in [3.63, 3.8) is 0 Å². The van der Waals surface area contributed by atoms with Gasteiger partial charge in [0.05, 0.1) is 24.9 Å². The molecule has 4 aromatic carbocycles. The summed E-state index contributed by atoms with van der Waals surface area (Å²) in [5, 5.41) is 0.118. The highest BCUT2D eigenvalue weighted by molar-refractivity contribution is 7.72. The van der Waals surface area contributed by atoms with Crippen molar-refractivity contribution in [2.24, 2.45) is 0 Å². The second-order valence-corrected chi connectivity index (χ2v) is 17.4. The second kappa shape index (κ2) is 18.8. The number of hydrogen-bond donors (Lipinski definition) is 0. The first-order valence-corrected chi connectivity index (χ1v) is 20.7. The molecule has 4 aromatic rings. The molecule has 0 radical (unpaired) electrons. The number of hydrogen-bond acceptors (Lipinski definition) is 6. The fourth-order valence-electron chi connectivity index (χ4n) is 6.36. The van der Waals surface area contributed by atoms with E-state index in [-0.39, 0.29) is 25.8 Å². The van der Waals surface area contributed by atoms with Gasteiger partial charge in [0, 0.05) is 54.2 Å². The lowest BCUT2D eigenvalue weighted by Crippen LogP contribution is -2.28. The summed E-state index contributed by atoms with van der Waals surface area (Å²) in [7, 11) is -6.89. The lowest BCUT2D eigenvalue weighted by molar-refractivity contribution is -0.147. The zero-order chi connectivity index (χ0) is 38.0. The van der Waals surface area contributed by atoms with E-state index in [0.717, 1.165) is 11.4 Å². The molecular weight excluding hydrogens is 725 g/mol. The highest BCUT2D eigenvalue weighted by Crippen LogP contribution is 2.67. The van der Waals surface area contributed by atoms with Crippen LogP contribution >= 0.6 is 14.9 Å². The molecular formula is C41H49FN4O6P2. The predicted octanol–water partition coefficient (Wildman–Crippen LogP) is 9.93. The van der Waals surface area contributed by atoms with Crippen LogP contribution in [0.25, 0.3) is 0 Å². The lowest BCUT2D eigenvalue weighted by atomic mass is 10.3. The normalized spacial score (nSPS) is 16.0. The van der Waals surface area contributed by atoms with Crippen LogP contribution in [0.1, 0.15) is 27.7 Å². The van der Waals surface area contributed by atoms with Crippen molar-refractivity contribution in [2.45, 2.75) is 33.9 Å². The SMILES string of the molecule is C.C=C(C(F)C(=O)OCC)P1(=O)N(c2ccccc2)CCN1c1ccccc1.C=C(CC(=O)OCC)P1(=O)N(c2ccccc2)CCN1c1ccccc1. The van der Waals surface area contributed by atoms with E-state index in [2.05, 4.69) is 13.2 Å². The van der Waals surface area contributed by atoms with Gasteiger partial charge in [0.2, 0.25) is 6.17 Å². The van der Waals surface area contributed by atoms with Gasteiger partial charge in [-0.05, 0) is 62.4 Å². The average Bonchev–Trinajstić information content (AvgIpc) is 3.74. The van der Waals surface area contributed by atoms with Crippen LogP contribution in [0.3, 0.4) is 0 Å². The Balaban J connectivity index is 0.000000236. The minimum atomic E-state index is -3.66. The molecule has 286 valence electrons. The van der Waals surface area contributed by atoms with Crippen molar-refractivity contribution in [1.29, 1.82) is 0 Å². The first-order chi connectivity index (χ1) is 25.6. The van der Waals surface area contributed by atoms with Crippen LogP contribution in [0.15, 0.2) is 145 Å². The molecule has 0 amide bonds. The van der Waals surface area contributed by atoms with Gasteiger partial charge in [-0.2, -0.15) is 0 Å². The maximum absolute atomic E-state index is 14.9. The summed E-state index contributed by atoms with van der Waals surface area (Å²) < 4.78 is 60.2. The number of para-hydroxylation sites is 4. The molecule has 6 rings (SSSR count). The molecule has 2 aliphatic heterocycles. The zero-order valence-electron chi connectivity index (χ0n) is 30.0. The van der Waals surface area contributed by atoms with Crippen LogP contribution in [0.5, 0.6) is 0 Å². The maximum atomic E-state index is 14.9. The highest BCUT2D eigenvalue weighted by Gasteiger charge is 2.50. The fraction of sp³-hybridized carbons (Fsp3) is 0.268. The van der Waals surface area contributed by atoms with Gasteiger partial charge in [-0.1, -0.05) is 93.4 Å². The molecule has 54 heavy (non-hydrogen) atoms. The molecule has 13 heteroatoms. The molecule has 0 aromatic heterocycles. The Hall–Kier alpha value is -5.11. The van der Waals surface area contributed by atoms with Crippen molar-refractivity contribution < 1.29 is 32.6 Å². The standard InChI is InChI=1S/C20H22FN2O3P.C20H23N2O3P.CH4/c1-3-26-20(24)19(21)16(2)27(25)22(17-10-6-4-7-11-17)14-15-23(27)18-12-8-5-9-13-18;1-3-25-20(23)16-17(2)26(24)21(18-10-6-4-7-11-18)14-15-22(26)19-12-8-5-9-13-19;/h4-13,19H,2-3,14-15H2,1H3;4-13H,2-3,14-16H2,1H3;1H4. The summed E-state index contributed by atoms with van der Waals surface area (Å²) in [6, 6.07) is 37.5. The fourth-order valence-corrected chi connectivity index (χ4v) is 12.1. The molecule has 0 bridgehead atoms. The number of ether oxygens (including phenoxy) is 2. The summed E-state index contributed by atoms with van der Waals surface area (Å²) >= 11 is 0. The molecule has 2 aliphatic rings. The Morgan fingerprint density at radius 3 is 1.24 bits per heavy atom. The number of esters is 2. The third kappa shape index (κ3) is 8.64. The number of carbonyl (C=O) groups excluding carboxylic acids is 2. The van der Waals surface area contributed by atoms with Gasteiger partial charge in [-0.25, -0.2) is 9.18 Å². The molecule has 2 heterocycles. The molecule has 0 saturated carbocycles. The Morgan fingerprint density at radius 2 is 0.926 bits per heavy atom. The van der Waals surface area contributed by atoms with Gasteiger partial charge in [0.15, 0.2) is 0 Å². The number of rotatable bonds is 12. The lowest BCUT2D eigenvalue weighted by Gasteiger charge is -2.34. The van der Waals surface area contributed by atoms with Gasteiger partial charge in [-0.3, -0.25) is 13.9 Å². The first-order valence-electron chi connectivity index (χ1n) is 17.4. The average molecular weight is 775 g/mol. The van der Waals surface area contributed by atoms with Crippen LogP contribution < -0.4 is 18.7 Å². The van der Waals surface area contributed by atoms with E-state index in [9.17, 15) is 23.1 Å². The van der Waals surface area contributed by atoms with Crippen molar-refractivity contribution >= 4 is 49.6 Å². The van der Waals surface area contributed by atoms with E-state index in [1.54, 1.807) is 23.2 Å². The predicted molar refractivity (Wildman–Crippen MR) is 218 cm³/mol. The molecule has 1 atom stereocenters. The molecule has 2 saturated heterocycles. The largest absolute Gasteiger partial charge is 0.466 e. The number of halogens is 1. The number of nitrogens with zero attached hydrogens (tertiary/aromatic N) is 4. The summed E-state index contributed by atoms with van der Waals surface area (Å²) in [6.07, 6.45) is -2.22. The van der Waals surface area contributed by atoms with E-state index in [4.69, 9.17) is 9.47 Å². The third-order valence-corrected chi connectivity index (χ3v) is 15.1. The van der Waals surface area contributed by atoms with E-state index >= 15 is 0 Å². The Bertz CT molecular complexity index is 1870. The highest BCUT2D eigenvalue weighted by atomic mass is 31.2. The number of alkyl halides is 1. The van der Waals surface area contributed by atoms with Gasteiger partial charge in [-0.15, -0.1) is 0 Å².